The van der Waals surface area contributed by atoms with Gasteiger partial charge in [0.15, 0.2) is 0 Å². The van der Waals surface area contributed by atoms with Gasteiger partial charge in [-0.2, -0.15) is 0 Å². The predicted molar refractivity (Wildman–Crippen MR) is 122 cm³/mol. The molecule has 0 bridgehead atoms. The molecule has 0 radical (unpaired) electrons. The van der Waals surface area contributed by atoms with Crippen molar-refractivity contribution in [3.8, 4) is 0 Å². The molecule has 1 aliphatic rings. The second-order valence-electron chi connectivity index (χ2n) is 8.42. The van der Waals surface area contributed by atoms with Gasteiger partial charge in [0, 0.05) is 13.1 Å². The summed E-state index contributed by atoms with van der Waals surface area (Å²) in [5, 5.41) is 0. The first-order valence-electron chi connectivity index (χ1n) is 11.7. The summed E-state index contributed by atoms with van der Waals surface area (Å²) in [5.41, 5.74) is 1.52. The summed E-state index contributed by atoms with van der Waals surface area (Å²) in [6, 6.07) is 11.1. The van der Waals surface area contributed by atoms with Crippen LogP contribution in [0.25, 0.3) is 0 Å². The average Bonchev–Trinajstić information content (AvgIpc) is 2.71. The fraction of sp³-hybridized carbons (Fsp3) is 0.760. The molecular formula is C25H46N2O. The van der Waals surface area contributed by atoms with Crippen molar-refractivity contribution in [3.63, 3.8) is 0 Å². The first-order valence-corrected chi connectivity index (χ1v) is 11.7. The zero-order chi connectivity index (χ0) is 19.0. The molecule has 1 aromatic rings. The van der Waals surface area contributed by atoms with Crippen LogP contribution in [0.15, 0.2) is 30.3 Å². The van der Waals surface area contributed by atoms with E-state index in [0.717, 1.165) is 32.2 Å². The van der Waals surface area contributed by atoms with Crippen LogP contribution >= 0.6 is 0 Å². The molecule has 1 aromatic carbocycles. The number of unbranched alkanes of at least 4 members (excludes halogenated alkanes) is 7. The predicted octanol–water partition coefficient (Wildman–Crippen LogP) is 6.65. The summed E-state index contributed by atoms with van der Waals surface area (Å²) in [5.74, 6) is 0.855. The molecule has 0 amide bonds. The quantitative estimate of drug-likeness (QED) is 0.341. The number of morpholine rings is 1. The van der Waals surface area contributed by atoms with E-state index < -0.39 is 0 Å². The first kappa shape index (κ1) is 25.1. The van der Waals surface area contributed by atoms with Gasteiger partial charge in [-0.1, -0.05) is 95.0 Å². The van der Waals surface area contributed by atoms with Crippen LogP contribution in [0.1, 0.15) is 83.1 Å². The van der Waals surface area contributed by atoms with E-state index in [2.05, 4.69) is 42.2 Å². The summed E-state index contributed by atoms with van der Waals surface area (Å²) < 4.78 is 5.47. The van der Waals surface area contributed by atoms with Gasteiger partial charge < -0.3 is 10.9 Å². The van der Waals surface area contributed by atoms with E-state index in [1.54, 1.807) is 0 Å². The molecular weight excluding hydrogens is 344 g/mol. The molecule has 3 heteroatoms. The highest BCUT2D eigenvalue weighted by molar-refractivity contribution is 5.15. The molecule has 0 aromatic heterocycles. The van der Waals surface area contributed by atoms with Crippen LogP contribution in [0, 0.1) is 5.92 Å². The SMILES string of the molecule is CCCCCCCCCCC(CCCN1CCOCC1)Cc1ccccc1.N. The highest BCUT2D eigenvalue weighted by atomic mass is 16.5. The molecule has 1 unspecified atom stereocenters. The molecule has 1 saturated heterocycles. The third-order valence-electron chi connectivity index (χ3n) is 6.02. The van der Waals surface area contributed by atoms with E-state index >= 15 is 0 Å². The average molecular weight is 391 g/mol. The highest BCUT2D eigenvalue weighted by Crippen LogP contribution is 2.22. The number of hydrogen-bond acceptors (Lipinski definition) is 3. The van der Waals surface area contributed by atoms with E-state index in [1.165, 1.54) is 89.2 Å². The van der Waals surface area contributed by atoms with Gasteiger partial charge in [-0.15, -0.1) is 0 Å². The van der Waals surface area contributed by atoms with Gasteiger partial charge in [0.1, 0.15) is 0 Å². The Morgan fingerprint density at radius 1 is 0.821 bits per heavy atom. The van der Waals surface area contributed by atoms with Crippen LogP contribution in [0.5, 0.6) is 0 Å². The lowest BCUT2D eigenvalue weighted by atomic mass is 9.89. The zero-order valence-electron chi connectivity index (χ0n) is 18.5. The van der Waals surface area contributed by atoms with Crippen molar-refractivity contribution in [2.75, 3.05) is 32.8 Å². The van der Waals surface area contributed by atoms with Gasteiger partial charge in [0.25, 0.3) is 0 Å². The lowest BCUT2D eigenvalue weighted by Gasteiger charge is -2.27. The standard InChI is InChI=1S/C25H43NO.H3N/c1-2-3-4-5-6-7-8-10-14-25(23-24-15-11-9-12-16-24)17-13-18-26-19-21-27-22-20-26;/h9,11-12,15-16,25H,2-8,10,13-14,17-23H2,1H3;1H3. The molecule has 1 aliphatic heterocycles. The molecule has 0 spiro atoms. The Bertz CT molecular complexity index is 445. The minimum absolute atomic E-state index is 0. The first-order chi connectivity index (χ1) is 13.4. The highest BCUT2D eigenvalue weighted by Gasteiger charge is 2.13. The topological polar surface area (TPSA) is 47.5 Å². The van der Waals surface area contributed by atoms with Gasteiger partial charge in [-0.3, -0.25) is 4.90 Å². The molecule has 1 fully saturated rings. The van der Waals surface area contributed by atoms with Gasteiger partial charge in [-0.25, -0.2) is 0 Å². The number of ether oxygens (including phenoxy) is 1. The Kier molecular flexibility index (Phi) is 15.3. The minimum atomic E-state index is 0. The summed E-state index contributed by atoms with van der Waals surface area (Å²) in [7, 11) is 0. The van der Waals surface area contributed by atoms with Crippen LogP contribution in [0.3, 0.4) is 0 Å². The Morgan fingerprint density at radius 2 is 1.43 bits per heavy atom. The van der Waals surface area contributed by atoms with Crippen LogP contribution in [0.2, 0.25) is 0 Å². The van der Waals surface area contributed by atoms with Crippen LogP contribution in [0.4, 0.5) is 0 Å². The Hall–Kier alpha value is -0.900. The van der Waals surface area contributed by atoms with Crippen molar-refractivity contribution in [1.82, 2.24) is 11.1 Å². The number of hydrogen-bond donors (Lipinski definition) is 1. The second-order valence-corrected chi connectivity index (χ2v) is 8.42. The van der Waals surface area contributed by atoms with E-state index in [4.69, 9.17) is 4.74 Å². The minimum Gasteiger partial charge on any atom is -0.379 e. The Morgan fingerprint density at radius 3 is 2.11 bits per heavy atom. The van der Waals surface area contributed by atoms with E-state index in [9.17, 15) is 0 Å². The third kappa shape index (κ3) is 11.8. The normalized spacial score (nSPS) is 15.9. The van der Waals surface area contributed by atoms with Crippen molar-refractivity contribution >= 4 is 0 Å². The summed E-state index contributed by atoms with van der Waals surface area (Å²) >= 11 is 0. The molecule has 1 heterocycles. The Balaban J connectivity index is 0.00000392. The van der Waals surface area contributed by atoms with Gasteiger partial charge in [0.05, 0.1) is 13.2 Å². The molecule has 2 rings (SSSR count). The molecule has 3 nitrogen and oxygen atoms in total. The molecule has 0 saturated carbocycles. The number of benzene rings is 1. The lowest BCUT2D eigenvalue weighted by molar-refractivity contribution is 0.0366. The maximum Gasteiger partial charge on any atom is 0.0594 e. The number of nitrogens with zero attached hydrogens (tertiary/aromatic N) is 1. The smallest absolute Gasteiger partial charge is 0.0594 e. The molecule has 1 atom stereocenters. The molecule has 162 valence electrons. The fourth-order valence-electron chi connectivity index (χ4n) is 4.29. The van der Waals surface area contributed by atoms with Gasteiger partial charge in [-0.05, 0) is 37.3 Å². The maximum absolute atomic E-state index is 5.47. The monoisotopic (exact) mass is 390 g/mol. The lowest BCUT2D eigenvalue weighted by Crippen LogP contribution is -2.36. The molecule has 3 N–H and O–H groups in total. The summed E-state index contributed by atoms with van der Waals surface area (Å²) in [6.07, 6.45) is 16.8. The van der Waals surface area contributed by atoms with Crippen LogP contribution < -0.4 is 6.15 Å². The van der Waals surface area contributed by atoms with Crippen molar-refractivity contribution < 1.29 is 4.74 Å². The Labute approximate surface area is 174 Å². The van der Waals surface area contributed by atoms with Gasteiger partial charge in [0.2, 0.25) is 0 Å². The van der Waals surface area contributed by atoms with Crippen molar-refractivity contribution in [2.45, 2.75) is 84.0 Å². The zero-order valence-corrected chi connectivity index (χ0v) is 18.5. The fourth-order valence-corrected chi connectivity index (χ4v) is 4.29. The van der Waals surface area contributed by atoms with Gasteiger partial charge >= 0.3 is 0 Å². The van der Waals surface area contributed by atoms with Crippen LogP contribution in [-0.2, 0) is 11.2 Å². The molecule has 28 heavy (non-hydrogen) atoms. The van der Waals surface area contributed by atoms with Crippen molar-refractivity contribution in [1.29, 1.82) is 0 Å². The van der Waals surface area contributed by atoms with Crippen molar-refractivity contribution in [3.05, 3.63) is 35.9 Å². The maximum atomic E-state index is 5.47. The number of rotatable bonds is 15. The van der Waals surface area contributed by atoms with E-state index in [1.807, 2.05) is 0 Å². The third-order valence-corrected chi connectivity index (χ3v) is 6.02. The second kappa shape index (κ2) is 17.0. The molecule has 0 aliphatic carbocycles. The van der Waals surface area contributed by atoms with E-state index in [0.29, 0.717) is 0 Å². The summed E-state index contributed by atoms with van der Waals surface area (Å²) in [4.78, 5) is 2.58. The largest absolute Gasteiger partial charge is 0.379 e. The summed E-state index contributed by atoms with van der Waals surface area (Å²) in [6.45, 7) is 7.65. The van der Waals surface area contributed by atoms with Crippen LogP contribution in [-0.4, -0.2) is 37.7 Å². The van der Waals surface area contributed by atoms with Crippen molar-refractivity contribution in [2.24, 2.45) is 5.92 Å². The van der Waals surface area contributed by atoms with E-state index in [-0.39, 0.29) is 6.15 Å².